The lowest BCUT2D eigenvalue weighted by Crippen LogP contribution is -2.15. The van der Waals surface area contributed by atoms with Crippen molar-refractivity contribution >= 4 is 17.0 Å². The first-order chi connectivity index (χ1) is 9.54. The van der Waals surface area contributed by atoms with Crippen molar-refractivity contribution in [1.29, 1.82) is 0 Å². The Bertz CT molecular complexity index is 594. The lowest BCUT2D eigenvalue weighted by Gasteiger charge is -2.10. The summed E-state index contributed by atoms with van der Waals surface area (Å²) >= 11 is 1.20. The Kier molecular flexibility index (Phi) is 4.69. The minimum atomic E-state index is 0.0114. The van der Waals surface area contributed by atoms with Crippen molar-refractivity contribution in [3.63, 3.8) is 0 Å². The van der Waals surface area contributed by atoms with Gasteiger partial charge in [-0.2, -0.15) is 0 Å². The molecule has 0 N–H and O–H groups in total. The van der Waals surface area contributed by atoms with Gasteiger partial charge in [-0.15, -0.1) is 0 Å². The van der Waals surface area contributed by atoms with E-state index >= 15 is 0 Å². The Morgan fingerprint density at radius 1 is 1.05 bits per heavy atom. The molecule has 0 unspecified atom stereocenters. The largest absolute Gasteiger partial charge is 0.457 e. The molecule has 104 valence electrons. The monoisotopic (exact) mass is 287 g/mol. The number of hydrogen-bond acceptors (Lipinski definition) is 3. The molecule has 1 amide bonds. The van der Waals surface area contributed by atoms with Crippen molar-refractivity contribution < 1.29 is 9.53 Å². The van der Waals surface area contributed by atoms with E-state index in [1.807, 2.05) is 55.5 Å². The smallest absolute Gasteiger partial charge is 0.285 e. The number of carbonyl (C=O) groups excluding carboxylic acids is 1. The summed E-state index contributed by atoms with van der Waals surface area (Å²) in [5.41, 5.74) is 1.16. The summed E-state index contributed by atoms with van der Waals surface area (Å²) in [7, 11) is 3.48. The van der Waals surface area contributed by atoms with E-state index in [0.717, 1.165) is 22.0 Å². The molecule has 0 saturated heterocycles. The molecule has 0 aliphatic heterocycles. The van der Waals surface area contributed by atoms with Crippen LogP contribution in [0.1, 0.15) is 5.56 Å². The van der Waals surface area contributed by atoms with Crippen LogP contribution >= 0.6 is 11.8 Å². The topological polar surface area (TPSA) is 29.5 Å². The van der Waals surface area contributed by atoms with Gasteiger partial charge in [0.15, 0.2) is 0 Å². The number of hydrogen-bond donors (Lipinski definition) is 0. The number of thioether (sulfide) groups is 1. The number of benzene rings is 2. The SMILES string of the molecule is Cc1cccc(Oc2ccc(SC(=O)N(C)C)cc2)c1. The Labute approximate surface area is 123 Å². The summed E-state index contributed by atoms with van der Waals surface area (Å²) in [5, 5.41) is 0.0114. The molecule has 3 nitrogen and oxygen atoms in total. The molecule has 2 aromatic rings. The van der Waals surface area contributed by atoms with Gasteiger partial charge in [0.2, 0.25) is 0 Å². The minimum absolute atomic E-state index is 0.0114. The minimum Gasteiger partial charge on any atom is -0.457 e. The van der Waals surface area contributed by atoms with Gasteiger partial charge in [-0.05, 0) is 60.6 Å². The maximum absolute atomic E-state index is 11.6. The van der Waals surface area contributed by atoms with Crippen LogP contribution in [0.25, 0.3) is 0 Å². The highest BCUT2D eigenvalue weighted by molar-refractivity contribution is 8.13. The molecule has 0 aliphatic carbocycles. The highest BCUT2D eigenvalue weighted by Gasteiger charge is 2.06. The van der Waals surface area contributed by atoms with E-state index in [1.165, 1.54) is 11.8 Å². The molecule has 0 atom stereocenters. The predicted octanol–water partition coefficient (Wildman–Crippen LogP) is 4.56. The summed E-state index contributed by atoms with van der Waals surface area (Å²) in [6.07, 6.45) is 0. The van der Waals surface area contributed by atoms with Gasteiger partial charge >= 0.3 is 0 Å². The highest BCUT2D eigenvalue weighted by Crippen LogP contribution is 2.26. The van der Waals surface area contributed by atoms with E-state index in [9.17, 15) is 4.79 Å². The second-order valence-corrected chi connectivity index (χ2v) is 5.68. The highest BCUT2D eigenvalue weighted by atomic mass is 32.2. The summed E-state index contributed by atoms with van der Waals surface area (Å²) in [5.74, 6) is 1.58. The first-order valence-electron chi connectivity index (χ1n) is 6.28. The van der Waals surface area contributed by atoms with Gasteiger partial charge in [0.05, 0.1) is 0 Å². The van der Waals surface area contributed by atoms with Gasteiger partial charge in [-0.1, -0.05) is 12.1 Å². The molecule has 0 saturated carbocycles. The lowest BCUT2D eigenvalue weighted by molar-refractivity contribution is 0.241. The molecular weight excluding hydrogens is 270 g/mol. The van der Waals surface area contributed by atoms with E-state index in [2.05, 4.69) is 0 Å². The maximum atomic E-state index is 11.6. The predicted molar refractivity (Wildman–Crippen MR) is 82.6 cm³/mol. The summed E-state index contributed by atoms with van der Waals surface area (Å²) in [4.78, 5) is 14.0. The zero-order chi connectivity index (χ0) is 14.5. The summed E-state index contributed by atoms with van der Waals surface area (Å²) in [6.45, 7) is 2.03. The van der Waals surface area contributed by atoms with E-state index in [4.69, 9.17) is 4.74 Å². The molecule has 2 aromatic carbocycles. The van der Waals surface area contributed by atoms with Crippen LogP contribution in [0.4, 0.5) is 4.79 Å². The summed E-state index contributed by atoms with van der Waals surface area (Å²) in [6, 6.07) is 15.4. The van der Waals surface area contributed by atoms with Gasteiger partial charge < -0.3 is 9.64 Å². The van der Waals surface area contributed by atoms with Crippen LogP contribution < -0.4 is 4.74 Å². The average Bonchev–Trinajstić information content (AvgIpc) is 2.41. The molecule has 0 heterocycles. The van der Waals surface area contributed by atoms with Crippen molar-refractivity contribution in [2.75, 3.05) is 14.1 Å². The molecule has 0 aromatic heterocycles. The van der Waals surface area contributed by atoms with Gasteiger partial charge in [0.25, 0.3) is 5.24 Å². The van der Waals surface area contributed by atoms with Crippen molar-refractivity contribution in [2.24, 2.45) is 0 Å². The maximum Gasteiger partial charge on any atom is 0.285 e. The van der Waals surface area contributed by atoms with Crippen molar-refractivity contribution in [3.8, 4) is 11.5 Å². The average molecular weight is 287 g/mol. The number of ether oxygens (including phenoxy) is 1. The van der Waals surface area contributed by atoms with Crippen LogP contribution in [-0.4, -0.2) is 24.2 Å². The first-order valence-corrected chi connectivity index (χ1v) is 7.10. The van der Waals surface area contributed by atoms with Crippen molar-refractivity contribution in [3.05, 3.63) is 54.1 Å². The third kappa shape index (κ3) is 4.03. The normalized spacial score (nSPS) is 10.2. The Balaban J connectivity index is 2.03. The number of rotatable bonds is 3. The molecule has 0 aliphatic rings. The van der Waals surface area contributed by atoms with Crippen molar-refractivity contribution in [1.82, 2.24) is 4.90 Å². The van der Waals surface area contributed by atoms with Gasteiger partial charge in [0.1, 0.15) is 11.5 Å². The molecule has 2 rings (SSSR count). The fourth-order valence-corrected chi connectivity index (χ4v) is 2.24. The first kappa shape index (κ1) is 14.5. The number of amides is 1. The van der Waals surface area contributed by atoms with Gasteiger partial charge in [0, 0.05) is 19.0 Å². The number of nitrogens with zero attached hydrogens (tertiary/aromatic N) is 1. The molecule has 4 heteroatoms. The Morgan fingerprint density at radius 2 is 1.75 bits per heavy atom. The van der Waals surface area contributed by atoms with E-state index < -0.39 is 0 Å². The van der Waals surface area contributed by atoms with Crippen LogP contribution in [0, 0.1) is 6.92 Å². The Morgan fingerprint density at radius 3 is 2.35 bits per heavy atom. The van der Waals surface area contributed by atoms with Crippen molar-refractivity contribution in [2.45, 2.75) is 11.8 Å². The van der Waals surface area contributed by atoms with Crippen LogP contribution in [0.5, 0.6) is 11.5 Å². The summed E-state index contributed by atoms with van der Waals surface area (Å²) < 4.78 is 5.76. The zero-order valence-electron chi connectivity index (χ0n) is 11.8. The standard InChI is InChI=1S/C16H17NO2S/c1-12-5-4-6-14(11-12)19-13-7-9-15(10-8-13)20-16(18)17(2)3/h4-11H,1-3H3. The molecule has 0 fully saturated rings. The molecular formula is C16H17NO2S. The van der Waals surface area contributed by atoms with Crippen LogP contribution in [0.2, 0.25) is 0 Å². The molecule has 0 bridgehead atoms. The van der Waals surface area contributed by atoms with Gasteiger partial charge in [-0.3, -0.25) is 4.79 Å². The number of carbonyl (C=O) groups is 1. The quantitative estimate of drug-likeness (QED) is 0.775. The zero-order valence-corrected chi connectivity index (χ0v) is 12.6. The van der Waals surface area contributed by atoms with Crippen LogP contribution in [0.15, 0.2) is 53.4 Å². The van der Waals surface area contributed by atoms with E-state index in [0.29, 0.717) is 0 Å². The number of aryl methyl sites for hydroxylation is 1. The van der Waals surface area contributed by atoms with E-state index in [-0.39, 0.29) is 5.24 Å². The van der Waals surface area contributed by atoms with Crippen LogP contribution in [-0.2, 0) is 0 Å². The Hall–Kier alpha value is -1.94. The fraction of sp³-hybridized carbons (Fsp3) is 0.188. The third-order valence-electron chi connectivity index (χ3n) is 2.62. The molecule has 0 spiro atoms. The third-order valence-corrected chi connectivity index (χ3v) is 3.67. The van der Waals surface area contributed by atoms with Gasteiger partial charge in [-0.25, -0.2) is 0 Å². The fourth-order valence-electron chi connectivity index (χ4n) is 1.58. The second-order valence-electron chi connectivity index (χ2n) is 4.65. The van der Waals surface area contributed by atoms with Crippen LogP contribution in [0.3, 0.4) is 0 Å². The molecule has 0 radical (unpaired) electrons. The second kappa shape index (κ2) is 6.48. The molecule has 20 heavy (non-hydrogen) atoms. The van der Waals surface area contributed by atoms with E-state index in [1.54, 1.807) is 19.0 Å². The lowest BCUT2D eigenvalue weighted by atomic mass is 10.2.